The second kappa shape index (κ2) is 7.47. The summed E-state index contributed by atoms with van der Waals surface area (Å²) in [6.45, 7) is 6.65. The summed E-state index contributed by atoms with van der Waals surface area (Å²) in [5, 5.41) is 8.94. The molecule has 0 aliphatic rings. The molecule has 1 atom stereocenters. The maximum Gasteiger partial charge on any atom is 0.339 e. The smallest absolute Gasteiger partial charge is 0.339 e. The highest BCUT2D eigenvalue weighted by atomic mass is 16.5. The number of nitrogens with zero attached hydrogens (tertiary/aromatic N) is 2. The molecule has 0 aromatic carbocycles. The van der Waals surface area contributed by atoms with E-state index in [1.54, 1.807) is 26.0 Å². The molecule has 0 aliphatic carbocycles. The van der Waals surface area contributed by atoms with Crippen molar-refractivity contribution in [2.45, 2.75) is 20.8 Å². The van der Waals surface area contributed by atoms with Crippen molar-refractivity contribution in [2.24, 2.45) is 5.92 Å². The van der Waals surface area contributed by atoms with Gasteiger partial charge in [0.2, 0.25) is 0 Å². The number of aliphatic carboxylic acids is 1. The number of pyridine rings is 1. The van der Waals surface area contributed by atoms with Gasteiger partial charge in [-0.15, -0.1) is 0 Å². The standard InChI is InChI=1S/C14H20N2O4/c1-4-16(9-10(3)13(17)18)12-7-6-11(8-15-12)14(19)20-5-2/h6-8,10H,4-5,9H2,1-3H3,(H,17,18). The number of rotatable bonds is 7. The number of carboxylic acids is 1. The van der Waals surface area contributed by atoms with Gasteiger partial charge in [0.15, 0.2) is 0 Å². The molecule has 6 nitrogen and oxygen atoms in total. The number of carbonyl (C=O) groups excluding carboxylic acids is 1. The SMILES string of the molecule is CCOC(=O)c1ccc(N(CC)CC(C)C(=O)O)nc1. The molecule has 0 saturated carbocycles. The average molecular weight is 280 g/mol. The van der Waals surface area contributed by atoms with Crippen molar-refractivity contribution in [3.63, 3.8) is 0 Å². The molecule has 0 amide bonds. The van der Waals surface area contributed by atoms with E-state index in [0.717, 1.165) is 0 Å². The molecular weight excluding hydrogens is 260 g/mol. The molecule has 110 valence electrons. The number of aromatic nitrogens is 1. The van der Waals surface area contributed by atoms with Crippen LogP contribution < -0.4 is 4.90 Å². The third-order valence-corrected chi connectivity index (χ3v) is 2.88. The number of esters is 1. The van der Waals surface area contributed by atoms with Crippen LogP contribution in [-0.4, -0.2) is 41.7 Å². The van der Waals surface area contributed by atoms with Gasteiger partial charge in [0, 0.05) is 19.3 Å². The largest absolute Gasteiger partial charge is 0.481 e. The van der Waals surface area contributed by atoms with Crippen molar-refractivity contribution in [2.75, 3.05) is 24.6 Å². The van der Waals surface area contributed by atoms with Crippen LogP contribution in [0.3, 0.4) is 0 Å². The summed E-state index contributed by atoms with van der Waals surface area (Å²) in [5.74, 6) is -1.09. The molecule has 1 aromatic heterocycles. The summed E-state index contributed by atoms with van der Waals surface area (Å²) in [6.07, 6.45) is 1.45. The van der Waals surface area contributed by atoms with Gasteiger partial charge in [-0.1, -0.05) is 6.92 Å². The predicted octanol–water partition coefficient (Wildman–Crippen LogP) is 1.81. The second-order valence-corrected chi connectivity index (χ2v) is 4.40. The Balaban J connectivity index is 2.79. The monoisotopic (exact) mass is 280 g/mol. The first-order valence-electron chi connectivity index (χ1n) is 6.60. The molecule has 1 aromatic rings. The van der Waals surface area contributed by atoms with Gasteiger partial charge in [0.1, 0.15) is 5.82 Å². The quantitative estimate of drug-likeness (QED) is 0.767. The minimum Gasteiger partial charge on any atom is -0.481 e. The lowest BCUT2D eigenvalue weighted by atomic mass is 10.1. The zero-order valence-electron chi connectivity index (χ0n) is 12.0. The number of hydrogen-bond donors (Lipinski definition) is 1. The molecule has 1 heterocycles. The third kappa shape index (κ3) is 4.22. The van der Waals surface area contributed by atoms with Crippen LogP contribution in [0, 0.1) is 5.92 Å². The summed E-state index contributed by atoms with van der Waals surface area (Å²) >= 11 is 0. The molecule has 0 fully saturated rings. The van der Waals surface area contributed by atoms with Crippen LogP contribution in [0.25, 0.3) is 0 Å². The van der Waals surface area contributed by atoms with Gasteiger partial charge in [-0.05, 0) is 26.0 Å². The van der Waals surface area contributed by atoms with E-state index in [-0.39, 0.29) is 0 Å². The van der Waals surface area contributed by atoms with Crippen LogP contribution in [0.5, 0.6) is 0 Å². The average Bonchev–Trinajstić information content (AvgIpc) is 2.44. The predicted molar refractivity (Wildman–Crippen MR) is 74.9 cm³/mol. The Kier molecular flexibility index (Phi) is 5.96. The van der Waals surface area contributed by atoms with Crippen molar-refractivity contribution >= 4 is 17.8 Å². The molecule has 1 N–H and O–H groups in total. The Morgan fingerprint density at radius 3 is 2.55 bits per heavy atom. The van der Waals surface area contributed by atoms with Gasteiger partial charge in [-0.25, -0.2) is 9.78 Å². The Morgan fingerprint density at radius 1 is 1.40 bits per heavy atom. The Hall–Kier alpha value is -2.11. The number of anilines is 1. The highest BCUT2D eigenvalue weighted by Crippen LogP contribution is 2.14. The fourth-order valence-electron chi connectivity index (χ4n) is 1.70. The lowest BCUT2D eigenvalue weighted by Gasteiger charge is -2.23. The minimum absolute atomic E-state index is 0.317. The summed E-state index contributed by atoms with van der Waals surface area (Å²) in [5.41, 5.74) is 0.387. The first-order valence-corrected chi connectivity index (χ1v) is 6.60. The van der Waals surface area contributed by atoms with E-state index in [1.807, 2.05) is 11.8 Å². The zero-order valence-corrected chi connectivity index (χ0v) is 12.0. The van der Waals surface area contributed by atoms with E-state index in [0.29, 0.717) is 31.1 Å². The normalized spacial score (nSPS) is 11.8. The Bertz CT molecular complexity index is 459. The van der Waals surface area contributed by atoms with Crippen LogP contribution in [0.1, 0.15) is 31.1 Å². The number of carboxylic acid groups (broad SMARTS) is 1. The molecule has 0 aliphatic heterocycles. The van der Waals surface area contributed by atoms with Crippen molar-refractivity contribution in [1.82, 2.24) is 4.98 Å². The van der Waals surface area contributed by atoms with Crippen LogP contribution in [0.2, 0.25) is 0 Å². The summed E-state index contributed by atoms with van der Waals surface area (Å²) in [4.78, 5) is 28.5. The Labute approximate surface area is 118 Å². The molecule has 0 saturated heterocycles. The summed E-state index contributed by atoms with van der Waals surface area (Å²) < 4.78 is 4.88. The van der Waals surface area contributed by atoms with Gasteiger partial charge in [-0.2, -0.15) is 0 Å². The first-order chi connectivity index (χ1) is 9.49. The summed E-state index contributed by atoms with van der Waals surface area (Å²) in [6, 6.07) is 3.33. The van der Waals surface area contributed by atoms with Crippen LogP contribution in [-0.2, 0) is 9.53 Å². The number of carbonyl (C=O) groups is 2. The van der Waals surface area contributed by atoms with Crippen molar-refractivity contribution < 1.29 is 19.4 Å². The van der Waals surface area contributed by atoms with Crippen LogP contribution >= 0.6 is 0 Å². The van der Waals surface area contributed by atoms with Gasteiger partial charge >= 0.3 is 11.9 Å². The molecule has 20 heavy (non-hydrogen) atoms. The maximum atomic E-state index is 11.5. The van der Waals surface area contributed by atoms with Crippen molar-refractivity contribution in [3.8, 4) is 0 Å². The fraction of sp³-hybridized carbons (Fsp3) is 0.500. The fourth-order valence-corrected chi connectivity index (χ4v) is 1.70. The van der Waals surface area contributed by atoms with Gasteiger partial charge in [0.05, 0.1) is 18.1 Å². The van der Waals surface area contributed by atoms with Crippen molar-refractivity contribution in [1.29, 1.82) is 0 Å². The van der Waals surface area contributed by atoms with E-state index in [9.17, 15) is 9.59 Å². The topological polar surface area (TPSA) is 79.7 Å². The van der Waals surface area contributed by atoms with Gasteiger partial charge in [-0.3, -0.25) is 4.79 Å². The molecule has 6 heteroatoms. The van der Waals surface area contributed by atoms with Crippen LogP contribution in [0.4, 0.5) is 5.82 Å². The third-order valence-electron chi connectivity index (χ3n) is 2.88. The maximum absolute atomic E-state index is 11.5. The lowest BCUT2D eigenvalue weighted by molar-refractivity contribution is -0.140. The van der Waals surface area contributed by atoms with E-state index in [4.69, 9.17) is 9.84 Å². The molecular formula is C14H20N2O4. The van der Waals surface area contributed by atoms with Crippen molar-refractivity contribution in [3.05, 3.63) is 23.9 Å². The highest BCUT2D eigenvalue weighted by Gasteiger charge is 2.16. The number of hydrogen-bond acceptors (Lipinski definition) is 5. The molecule has 1 rings (SSSR count). The van der Waals surface area contributed by atoms with E-state index in [1.165, 1.54) is 6.20 Å². The second-order valence-electron chi connectivity index (χ2n) is 4.40. The van der Waals surface area contributed by atoms with Gasteiger partial charge in [0.25, 0.3) is 0 Å². The minimum atomic E-state index is -0.841. The molecule has 0 radical (unpaired) electrons. The van der Waals surface area contributed by atoms with E-state index in [2.05, 4.69) is 4.98 Å². The molecule has 1 unspecified atom stereocenters. The highest BCUT2D eigenvalue weighted by molar-refractivity contribution is 5.89. The van der Waals surface area contributed by atoms with E-state index < -0.39 is 17.9 Å². The number of ether oxygens (including phenoxy) is 1. The zero-order chi connectivity index (χ0) is 15.1. The summed E-state index contributed by atoms with van der Waals surface area (Å²) in [7, 11) is 0. The molecule has 0 bridgehead atoms. The van der Waals surface area contributed by atoms with E-state index >= 15 is 0 Å². The molecule has 0 spiro atoms. The van der Waals surface area contributed by atoms with Gasteiger partial charge < -0.3 is 14.7 Å². The lowest BCUT2D eigenvalue weighted by Crippen LogP contribution is -2.32. The first kappa shape index (κ1) is 15.9. The Morgan fingerprint density at radius 2 is 2.10 bits per heavy atom. The van der Waals surface area contributed by atoms with Crippen LogP contribution in [0.15, 0.2) is 18.3 Å².